The van der Waals surface area contributed by atoms with Gasteiger partial charge in [0.1, 0.15) is 0 Å². The average Bonchev–Trinajstić information content (AvgIpc) is 3.15. The molecule has 0 saturated carbocycles. The molecule has 0 aliphatic carbocycles. The van der Waals surface area contributed by atoms with Crippen molar-refractivity contribution in [2.24, 2.45) is 0 Å². The number of rotatable bonds is 44. The summed E-state index contributed by atoms with van der Waals surface area (Å²) in [6.45, 7) is 4.34. The highest BCUT2D eigenvalue weighted by molar-refractivity contribution is 5.76. The van der Waals surface area contributed by atoms with E-state index in [4.69, 9.17) is 0 Å². The second-order valence-corrected chi connectivity index (χ2v) is 16.5. The van der Waals surface area contributed by atoms with E-state index in [2.05, 4.69) is 19.2 Å². The second-order valence-electron chi connectivity index (χ2n) is 16.5. The van der Waals surface area contributed by atoms with Crippen molar-refractivity contribution in [1.29, 1.82) is 0 Å². The van der Waals surface area contributed by atoms with Crippen LogP contribution in [0.2, 0.25) is 0 Å². The SMILES string of the molecule is CCCCCCCCCCCCCCCCCC/C=C/C(O)C(CO)NC(=O)CCCCCCCCCCCCCCCCCCCCCCCC. The fourth-order valence-electron chi connectivity index (χ4n) is 7.59. The van der Waals surface area contributed by atoms with Crippen LogP contribution in [0.1, 0.15) is 271 Å². The Hall–Kier alpha value is -0.870. The van der Waals surface area contributed by atoms with Gasteiger partial charge in [0.05, 0.1) is 18.8 Å². The van der Waals surface area contributed by atoms with Crippen molar-refractivity contribution in [3.8, 4) is 0 Å². The summed E-state index contributed by atoms with van der Waals surface area (Å²) < 4.78 is 0. The monoisotopic (exact) mass is 734 g/mol. The number of hydrogen-bond donors (Lipinski definition) is 3. The Morgan fingerprint density at radius 1 is 0.442 bits per heavy atom. The molecule has 0 bridgehead atoms. The molecule has 52 heavy (non-hydrogen) atoms. The lowest BCUT2D eigenvalue weighted by Crippen LogP contribution is -2.45. The lowest BCUT2D eigenvalue weighted by molar-refractivity contribution is -0.123. The molecule has 310 valence electrons. The molecular weight excluding hydrogens is 639 g/mol. The molecule has 1 amide bonds. The molecule has 3 N–H and O–H groups in total. The number of carbonyl (C=O) groups is 1. The van der Waals surface area contributed by atoms with E-state index < -0.39 is 12.1 Å². The first kappa shape index (κ1) is 51.1. The van der Waals surface area contributed by atoms with Gasteiger partial charge in [-0.15, -0.1) is 0 Å². The molecule has 0 aromatic heterocycles. The van der Waals surface area contributed by atoms with E-state index >= 15 is 0 Å². The van der Waals surface area contributed by atoms with E-state index in [1.165, 1.54) is 225 Å². The van der Waals surface area contributed by atoms with Crippen molar-refractivity contribution >= 4 is 5.91 Å². The Labute approximate surface area is 327 Å². The lowest BCUT2D eigenvalue weighted by atomic mass is 10.0. The highest BCUT2D eigenvalue weighted by Gasteiger charge is 2.18. The fraction of sp³-hybridized carbons (Fsp3) is 0.938. The van der Waals surface area contributed by atoms with Crippen molar-refractivity contribution < 1.29 is 15.0 Å². The summed E-state index contributed by atoms with van der Waals surface area (Å²) >= 11 is 0. The van der Waals surface area contributed by atoms with Crippen LogP contribution in [0.5, 0.6) is 0 Å². The van der Waals surface area contributed by atoms with Crippen LogP contribution in [-0.4, -0.2) is 34.9 Å². The van der Waals surface area contributed by atoms with E-state index in [1.807, 2.05) is 6.08 Å². The quantitative estimate of drug-likeness (QED) is 0.0431. The number of nitrogens with one attached hydrogen (secondary N) is 1. The topological polar surface area (TPSA) is 69.6 Å². The third-order valence-electron chi connectivity index (χ3n) is 11.3. The number of unbranched alkanes of at least 4 members (excludes halogenated alkanes) is 37. The Morgan fingerprint density at radius 3 is 1.00 bits per heavy atom. The summed E-state index contributed by atoms with van der Waals surface area (Å²) in [7, 11) is 0. The van der Waals surface area contributed by atoms with Crippen LogP contribution in [0.3, 0.4) is 0 Å². The van der Waals surface area contributed by atoms with Crippen LogP contribution in [0.15, 0.2) is 12.2 Å². The van der Waals surface area contributed by atoms with E-state index in [9.17, 15) is 15.0 Å². The smallest absolute Gasteiger partial charge is 0.220 e. The van der Waals surface area contributed by atoms with E-state index in [1.54, 1.807) is 6.08 Å². The van der Waals surface area contributed by atoms with Crippen molar-refractivity contribution in [3.05, 3.63) is 12.2 Å². The third-order valence-corrected chi connectivity index (χ3v) is 11.3. The van der Waals surface area contributed by atoms with Gasteiger partial charge in [0.25, 0.3) is 0 Å². The highest BCUT2D eigenvalue weighted by atomic mass is 16.3. The van der Waals surface area contributed by atoms with Gasteiger partial charge in [-0.25, -0.2) is 0 Å². The minimum Gasteiger partial charge on any atom is -0.394 e. The standard InChI is InChI=1S/C48H95NO3/c1-3-5-7-9-11-13-15-17-19-21-23-24-25-26-28-30-32-34-36-38-40-42-44-48(52)49-46(45-50)47(51)43-41-39-37-35-33-31-29-27-22-20-18-16-14-12-10-8-6-4-2/h41,43,46-47,50-51H,3-40,42,44-45H2,1-2H3,(H,49,52)/b43-41+. The normalized spacial score (nSPS) is 12.9. The van der Waals surface area contributed by atoms with Crippen molar-refractivity contribution in [1.82, 2.24) is 5.32 Å². The molecule has 0 aliphatic rings. The molecule has 2 unspecified atom stereocenters. The molecule has 4 heteroatoms. The molecular formula is C48H95NO3. The Morgan fingerprint density at radius 2 is 0.712 bits per heavy atom. The maximum absolute atomic E-state index is 12.4. The number of aliphatic hydroxyl groups is 2. The van der Waals surface area contributed by atoms with Gasteiger partial charge >= 0.3 is 0 Å². The molecule has 0 heterocycles. The van der Waals surface area contributed by atoms with Crippen LogP contribution >= 0.6 is 0 Å². The van der Waals surface area contributed by atoms with Crippen molar-refractivity contribution in [3.63, 3.8) is 0 Å². The summed E-state index contributed by atoms with van der Waals surface area (Å²) in [5, 5.41) is 23.1. The molecule has 0 aliphatic heterocycles. The Bertz CT molecular complexity index is 710. The summed E-state index contributed by atoms with van der Waals surface area (Å²) in [6, 6.07) is -0.616. The molecule has 0 aromatic carbocycles. The second kappa shape index (κ2) is 44.5. The molecule has 0 rings (SSSR count). The first-order valence-corrected chi connectivity index (χ1v) is 23.9. The van der Waals surface area contributed by atoms with E-state index in [0.717, 1.165) is 25.7 Å². The van der Waals surface area contributed by atoms with Gasteiger partial charge in [0, 0.05) is 6.42 Å². The highest BCUT2D eigenvalue weighted by Crippen LogP contribution is 2.17. The van der Waals surface area contributed by atoms with E-state index in [0.29, 0.717) is 6.42 Å². The van der Waals surface area contributed by atoms with Crippen molar-refractivity contribution in [2.45, 2.75) is 283 Å². The predicted molar refractivity (Wildman–Crippen MR) is 230 cm³/mol. The average molecular weight is 734 g/mol. The zero-order chi connectivity index (χ0) is 37.8. The fourth-order valence-corrected chi connectivity index (χ4v) is 7.59. The third kappa shape index (κ3) is 40.3. The van der Waals surface area contributed by atoms with Gasteiger partial charge in [0.15, 0.2) is 0 Å². The first-order valence-electron chi connectivity index (χ1n) is 23.9. The van der Waals surface area contributed by atoms with Gasteiger partial charge < -0.3 is 15.5 Å². The number of amides is 1. The first-order chi connectivity index (χ1) is 25.7. The van der Waals surface area contributed by atoms with Gasteiger partial charge in [-0.05, 0) is 19.3 Å². The zero-order valence-corrected chi connectivity index (χ0v) is 35.6. The number of allylic oxidation sites excluding steroid dienone is 1. The maximum Gasteiger partial charge on any atom is 0.220 e. The molecule has 0 fully saturated rings. The van der Waals surface area contributed by atoms with Crippen LogP contribution < -0.4 is 5.32 Å². The Kier molecular flexibility index (Phi) is 43.8. The lowest BCUT2D eigenvalue weighted by Gasteiger charge is -2.20. The van der Waals surface area contributed by atoms with Gasteiger partial charge in [-0.1, -0.05) is 257 Å². The number of aliphatic hydroxyl groups excluding tert-OH is 2. The summed E-state index contributed by atoms with van der Waals surface area (Å²) in [4.78, 5) is 12.4. The maximum atomic E-state index is 12.4. The molecule has 0 saturated heterocycles. The zero-order valence-electron chi connectivity index (χ0n) is 35.6. The summed E-state index contributed by atoms with van der Waals surface area (Å²) in [6.07, 6.45) is 56.2. The van der Waals surface area contributed by atoms with Gasteiger partial charge in [0.2, 0.25) is 5.91 Å². The molecule has 0 radical (unpaired) electrons. The molecule has 4 nitrogen and oxygen atoms in total. The van der Waals surface area contributed by atoms with Crippen LogP contribution in [0, 0.1) is 0 Å². The Balaban J connectivity index is 3.49. The number of hydrogen-bond acceptors (Lipinski definition) is 3. The largest absolute Gasteiger partial charge is 0.394 e. The minimum atomic E-state index is -0.834. The summed E-state index contributed by atoms with van der Waals surface area (Å²) in [5.41, 5.74) is 0. The molecule has 0 aromatic rings. The van der Waals surface area contributed by atoms with Crippen molar-refractivity contribution in [2.75, 3.05) is 6.61 Å². The van der Waals surface area contributed by atoms with Crippen LogP contribution in [-0.2, 0) is 4.79 Å². The number of carbonyl (C=O) groups excluding carboxylic acids is 1. The van der Waals surface area contributed by atoms with Crippen LogP contribution in [0.4, 0.5) is 0 Å². The molecule has 2 atom stereocenters. The van der Waals surface area contributed by atoms with E-state index in [-0.39, 0.29) is 12.5 Å². The molecule has 0 spiro atoms. The van der Waals surface area contributed by atoms with Gasteiger partial charge in [-0.3, -0.25) is 4.79 Å². The minimum absolute atomic E-state index is 0.0579. The van der Waals surface area contributed by atoms with Crippen LogP contribution in [0.25, 0.3) is 0 Å². The summed E-state index contributed by atoms with van der Waals surface area (Å²) in [5.74, 6) is -0.0579. The van der Waals surface area contributed by atoms with Gasteiger partial charge in [-0.2, -0.15) is 0 Å². The predicted octanol–water partition coefficient (Wildman–Crippen LogP) is 15.0.